The number of H-pyrrole nitrogens is 2. The van der Waals surface area contributed by atoms with Crippen molar-refractivity contribution in [3.63, 3.8) is 0 Å². The van der Waals surface area contributed by atoms with E-state index in [9.17, 15) is 9.59 Å². The number of aromatic hydroxyl groups is 1. The fourth-order valence-electron chi connectivity index (χ4n) is 1.23. The predicted octanol–water partition coefficient (Wildman–Crippen LogP) is -0.541. The molecule has 0 atom stereocenters. The van der Waals surface area contributed by atoms with Gasteiger partial charge in [-0.15, -0.1) is 5.10 Å². The first-order valence-electron chi connectivity index (χ1n) is 4.79. The monoisotopic (exact) mass is 251 g/mol. The van der Waals surface area contributed by atoms with Crippen LogP contribution in [0.5, 0.6) is 11.9 Å². The maximum absolute atomic E-state index is 11.7. The van der Waals surface area contributed by atoms with E-state index in [4.69, 9.17) is 9.84 Å². The molecule has 2 rings (SSSR count). The summed E-state index contributed by atoms with van der Waals surface area (Å²) in [6, 6.07) is 2.23. The lowest BCUT2D eigenvalue weighted by molar-refractivity contribution is 0.102. The van der Waals surface area contributed by atoms with Crippen molar-refractivity contribution in [3.05, 3.63) is 28.0 Å². The average molecular weight is 251 g/mol. The first kappa shape index (κ1) is 11.6. The molecule has 9 heteroatoms. The van der Waals surface area contributed by atoms with E-state index in [1.165, 1.54) is 7.11 Å². The van der Waals surface area contributed by atoms with Crippen molar-refractivity contribution in [2.75, 3.05) is 12.4 Å². The van der Waals surface area contributed by atoms with Crippen molar-refractivity contribution in [2.45, 2.75) is 0 Å². The lowest BCUT2D eigenvalue weighted by atomic mass is 10.2. The van der Waals surface area contributed by atoms with Gasteiger partial charge in [-0.05, 0) is 0 Å². The summed E-state index contributed by atoms with van der Waals surface area (Å²) < 4.78 is 4.72. The van der Waals surface area contributed by atoms with Gasteiger partial charge in [0.1, 0.15) is 0 Å². The number of nitrogens with zero attached hydrogens (tertiary/aromatic N) is 2. The maximum Gasteiger partial charge on any atom is 0.336 e. The fourth-order valence-corrected chi connectivity index (χ4v) is 1.23. The Kier molecular flexibility index (Phi) is 2.96. The Morgan fingerprint density at radius 3 is 2.89 bits per heavy atom. The quantitative estimate of drug-likeness (QED) is 0.579. The van der Waals surface area contributed by atoms with E-state index in [2.05, 4.69) is 25.5 Å². The molecular weight excluding hydrogens is 242 g/mol. The zero-order valence-corrected chi connectivity index (χ0v) is 9.22. The zero-order valence-electron chi connectivity index (χ0n) is 9.22. The Balaban J connectivity index is 2.18. The SMILES string of the molecule is COc1n[nH]c(NC(=O)c2cc(O)[nH]c(=O)c2)n1. The van der Waals surface area contributed by atoms with Crippen LogP contribution in [0.2, 0.25) is 0 Å². The largest absolute Gasteiger partial charge is 0.494 e. The second-order valence-electron chi connectivity index (χ2n) is 3.24. The Bertz CT molecular complexity index is 632. The molecule has 0 aliphatic carbocycles. The number of nitrogens with one attached hydrogen (secondary N) is 3. The number of aromatic nitrogens is 4. The highest BCUT2D eigenvalue weighted by atomic mass is 16.5. The number of ether oxygens (including phenoxy) is 1. The number of pyridine rings is 1. The molecule has 0 unspecified atom stereocenters. The Morgan fingerprint density at radius 1 is 1.50 bits per heavy atom. The lowest BCUT2D eigenvalue weighted by Crippen LogP contribution is -2.16. The number of carbonyl (C=O) groups excluding carboxylic acids is 1. The topological polar surface area (TPSA) is 133 Å². The third kappa shape index (κ3) is 2.45. The second kappa shape index (κ2) is 4.57. The molecule has 0 fully saturated rings. The summed E-state index contributed by atoms with van der Waals surface area (Å²) in [4.78, 5) is 28.7. The molecule has 4 N–H and O–H groups in total. The van der Waals surface area contributed by atoms with Crippen LogP contribution in [0.25, 0.3) is 0 Å². The molecule has 9 nitrogen and oxygen atoms in total. The van der Waals surface area contributed by atoms with E-state index in [1.807, 2.05) is 0 Å². The van der Waals surface area contributed by atoms with Crippen LogP contribution in [-0.4, -0.2) is 38.3 Å². The minimum Gasteiger partial charge on any atom is -0.494 e. The Labute approximate surface area is 99.8 Å². The summed E-state index contributed by atoms with van der Waals surface area (Å²) >= 11 is 0. The van der Waals surface area contributed by atoms with Gasteiger partial charge in [-0.3, -0.25) is 19.9 Å². The van der Waals surface area contributed by atoms with Crippen LogP contribution in [0.4, 0.5) is 5.95 Å². The number of carbonyl (C=O) groups is 1. The van der Waals surface area contributed by atoms with Crippen molar-refractivity contribution < 1.29 is 14.6 Å². The van der Waals surface area contributed by atoms with E-state index in [0.29, 0.717) is 0 Å². The molecule has 2 aromatic rings. The van der Waals surface area contributed by atoms with Crippen LogP contribution in [0.15, 0.2) is 16.9 Å². The summed E-state index contributed by atoms with van der Waals surface area (Å²) in [7, 11) is 1.38. The van der Waals surface area contributed by atoms with Gasteiger partial charge in [0.05, 0.1) is 12.7 Å². The minimum atomic E-state index is -0.616. The molecule has 0 saturated heterocycles. The number of hydrogen-bond acceptors (Lipinski definition) is 6. The number of methoxy groups -OCH3 is 1. The summed E-state index contributed by atoms with van der Waals surface area (Å²) in [6.07, 6.45) is 0. The third-order valence-electron chi connectivity index (χ3n) is 1.97. The molecule has 0 aliphatic heterocycles. The van der Waals surface area contributed by atoms with Gasteiger partial charge < -0.3 is 9.84 Å². The standard InChI is InChI=1S/C9H9N5O4/c1-18-9-12-8(13-14-9)11-7(17)4-2-5(15)10-6(16)3-4/h2-3H,1H3,(H2,10,15,16)(H2,11,12,13,14,17). The molecule has 1 amide bonds. The van der Waals surface area contributed by atoms with Crippen LogP contribution in [-0.2, 0) is 0 Å². The number of anilines is 1. The van der Waals surface area contributed by atoms with Gasteiger partial charge in [0.25, 0.3) is 11.5 Å². The van der Waals surface area contributed by atoms with Gasteiger partial charge in [-0.25, -0.2) is 5.10 Å². The molecule has 0 saturated carbocycles. The summed E-state index contributed by atoms with van der Waals surface area (Å²) in [5, 5.41) is 17.6. The van der Waals surface area contributed by atoms with Gasteiger partial charge in [0.15, 0.2) is 5.88 Å². The normalized spacial score (nSPS) is 10.1. The molecule has 2 heterocycles. The van der Waals surface area contributed by atoms with E-state index in [-0.39, 0.29) is 17.5 Å². The smallest absolute Gasteiger partial charge is 0.336 e. The summed E-state index contributed by atoms with van der Waals surface area (Å²) in [6.45, 7) is 0. The molecule has 2 aromatic heterocycles. The van der Waals surface area contributed by atoms with Crippen LogP contribution < -0.4 is 15.6 Å². The van der Waals surface area contributed by atoms with E-state index in [0.717, 1.165) is 12.1 Å². The highest BCUT2D eigenvalue weighted by Gasteiger charge is 2.11. The molecule has 0 bridgehead atoms. The Morgan fingerprint density at radius 2 is 2.28 bits per heavy atom. The third-order valence-corrected chi connectivity index (χ3v) is 1.97. The minimum absolute atomic E-state index is 0.00776. The van der Waals surface area contributed by atoms with E-state index in [1.54, 1.807) is 0 Å². The van der Waals surface area contributed by atoms with Gasteiger partial charge >= 0.3 is 6.01 Å². The van der Waals surface area contributed by atoms with Crippen molar-refractivity contribution >= 4 is 11.9 Å². The lowest BCUT2D eigenvalue weighted by Gasteiger charge is -2.01. The predicted molar refractivity (Wildman–Crippen MR) is 59.6 cm³/mol. The molecule has 94 valence electrons. The first-order valence-corrected chi connectivity index (χ1v) is 4.79. The van der Waals surface area contributed by atoms with Crippen LogP contribution >= 0.6 is 0 Å². The fraction of sp³-hybridized carbons (Fsp3) is 0.111. The second-order valence-corrected chi connectivity index (χ2v) is 3.24. The Hall–Kier alpha value is -2.84. The van der Waals surface area contributed by atoms with Crippen molar-refractivity contribution in [3.8, 4) is 11.9 Å². The van der Waals surface area contributed by atoms with Gasteiger partial charge in [0.2, 0.25) is 5.95 Å². The number of aromatic amines is 2. The zero-order chi connectivity index (χ0) is 13.1. The molecule has 0 spiro atoms. The van der Waals surface area contributed by atoms with Crippen LogP contribution in [0, 0.1) is 0 Å². The van der Waals surface area contributed by atoms with Crippen molar-refractivity contribution in [2.24, 2.45) is 0 Å². The van der Waals surface area contributed by atoms with Crippen molar-refractivity contribution in [1.82, 2.24) is 20.2 Å². The van der Waals surface area contributed by atoms with Gasteiger partial charge in [-0.1, -0.05) is 0 Å². The molecule has 0 aromatic carbocycles. The molecule has 0 aliphatic rings. The highest BCUT2D eigenvalue weighted by molar-refractivity contribution is 6.03. The van der Waals surface area contributed by atoms with Gasteiger partial charge in [-0.2, -0.15) is 4.98 Å². The summed E-state index contributed by atoms with van der Waals surface area (Å²) in [5.41, 5.74) is -0.595. The number of amides is 1. The molecule has 0 radical (unpaired) electrons. The number of rotatable bonds is 3. The maximum atomic E-state index is 11.7. The van der Waals surface area contributed by atoms with Crippen molar-refractivity contribution in [1.29, 1.82) is 0 Å². The van der Waals surface area contributed by atoms with Gasteiger partial charge in [0, 0.05) is 12.1 Å². The van der Waals surface area contributed by atoms with E-state index >= 15 is 0 Å². The first-order chi connectivity index (χ1) is 8.58. The van der Waals surface area contributed by atoms with E-state index < -0.39 is 17.3 Å². The summed E-state index contributed by atoms with van der Waals surface area (Å²) in [5.74, 6) is -0.949. The highest BCUT2D eigenvalue weighted by Crippen LogP contribution is 2.08. The molecule has 18 heavy (non-hydrogen) atoms. The number of hydrogen-bond donors (Lipinski definition) is 4. The average Bonchev–Trinajstić information content (AvgIpc) is 2.75. The van der Waals surface area contributed by atoms with Crippen LogP contribution in [0.1, 0.15) is 10.4 Å². The van der Waals surface area contributed by atoms with Crippen LogP contribution in [0.3, 0.4) is 0 Å². The molecular formula is C9H9N5O4.